The zero-order valence-electron chi connectivity index (χ0n) is 14.9. The van der Waals surface area contributed by atoms with Gasteiger partial charge >= 0.3 is 0 Å². The van der Waals surface area contributed by atoms with Gasteiger partial charge in [-0.05, 0) is 38.8 Å². The van der Waals surface area contributed by atoms with Gasteiger partial charge < -0.3 is 14.6 Å². The summed E-state index contributed by atoms with van der Waals surface area (Å²) in [6, 6.07) is 6.14. The molecule has 26 heavy (non-hydrogen) atoms. The highest BCUT2D eigenvalue weighted by Crippen LogP contribution is 2.30. The van der Waals surface area contributed by atoms with Gasteiger partial charge in [0.25, 0.3) is 0 Å². The van der Waals surface area contributed by atoms with Crippen LogP contribution in [0.5, 0.6) is 5.75 Å². The first-order chi connectivity index (χ1) is 12.3. The van der Waals surface area contributed by atoms with Gasteiger partial charge in [0, 0.05) is 18.3 Å². The maximum absolute atomic E-state index is 13.0. The molecule has 1 aromatic carbocycles. The lowest BCUT2D eigenvalue weighted by Crippen LogP contribution is -2.43. The second-order valence-corrected chi connectivity index (χ2v) is 7.98. The highest BCUT2D eigenvalue weighted by Gasteiger charge is 2.41. The number of amides is 1. The van der Waals surface area contributed by atoms with E-state index in [0.717, 1.165) is 0 Å². The van der Waals surface area contributed by atoms with Crippen LogP contribution >= 0.6 is 0 Å². The van der Waals surface area contributed by atoms with E-state index in [9.17, 15) is 13.2 Å². The Labute approximate surface area is 152 Å². The molecule has 2 aromatic rings. The lowest BCUT2D eigenvalue weighted by atomic mass is 10.2. The first-order valence-electron chi connectivity index (χ1n) is 8.24. The van der Waals surface area contributed by atoms with Crippen molar-refractivity contribution >= 4 is 21.6 Å². The number of hydrogen-bond acceptors (Lipinski definition) is 6. The van der Waals surface area contributed by atoms with E-state index in [2.05, 4.69) is 10.5 Å². The van der Waals surface area contributed by atoms with Crippen LogP contribution in [0.1, 0.15) is 24.3 Å². The molecule has 3 rings (SSSR count). The van der Waals surface area contributed by atoms with E-state index < -0.39 is 16.1 Å². The summed E-state index contributed by atoms with van der Waals surface area (Å²) in [5.41, 5.74) is 0.845. The average Bonchev–Trinajstić information content (AvgIpc) is 3.22. The summed E-state index contributed by atoms with van der Waals surface area (Å²) in [6.45, 7) is 3.40. The highest BCUT2D eigenvalue weighted by molar-refractivity contribution is 7.89. The number of carbonyl (C=O) groups is 1. The normalized spacial score (nSPS) is 18.0. The Hall–Kier alpha value is -2.39. The Balaban J connectivity index is 1.84. The van der Waals surface area contributed by atoms with Crippen molar-refractivity contribution in [2.75, 3.05) is 19.0 Å². The molecule has 0 saturated carbocycles. The van der Waals surface area contributed by atoms with Crippen LogP contribution in [0.15, 0.2) is 33.7 Å². The van der Waals surface area contributed by atoms with Crippen molar-refractivity contribution in [2.24, 2.45) is 0 Å². The fourth-order valence-corrected chi connectivity index (χ4v) is 5.13. The number of aromatic nitrogens is 1. The smallest absolute Gasteiger partial charge is 0.249 e. The summed E-state index contributed by atoms with van der Waals surface area (Å²) in [7, 11) is -2.33. The van der Waals surface area contributed by atoms with Crippen LogP contribution in [-0.2, 0) is 14.8 Å². The number of aryl methyl sites for hydroxylation is 2. The number of carbonyl (C=O) groups excluding carboxylic acids is 1. The van der Waals surface area contributed by atoms with E-state index in [1.165, 1.54) is 11.4 Å². The van der Waals surface area contributed by atoms with E-state index >= 15 is 0 Å². The Bertz CT molecular complexity index is 903. The quantitative estimate of drug-likeness (QED) is 0.853. The topological polar surface area (TPSA) is 102 Å². The fourth-order valence-electron chi connectivity index (χ4n) is 3.18. The zero-order chi connectivity index (χ0) is 18.9. The van der Waals surface area contributed by atoms with Gasteiger partial charge in [-0.2, -0.15) is 4.31 Å². The number of ether oxygens (including phenoxy) is 1. The fraction of sp³-hybridized carbons (Fsp3) is 0.412. The van der Waals surface area contributed by atoms with Crippen LogP contribution in [0.3, 0.4) is 0 Å². The molecule has 1 aromatic heterocycles. The van der Waals surface area contributed by atoms with Gasteiger partial charge in [0.2, 0.25) is 15.9 Å². The third-order valence-corrected chi connectivity index (χ3v) is 6.53. The summed E-state index contributed by atoms with van der Waals surface area (Å²) >= 11 is 0. The summed E-state index contributed by atoms with van der Waals surface area (Å²) in [4.78, 5) is 12.8. The van der Waals surface area contributed by atoms with E-state index in [-0.39, 0.29) is 23.1 Å². The molecular weight excluding hydrogens is 358 g/mol. The molecule has 1 aliphatic rings. The monoisotopic (exact) mass is 379 g/mol. The van der Waals surface area contributed by atoms with Gasteiger partial charge in [-0.15, -0.1) is 0 Å². The van der Waals surface area contributed by atoms with Gasteiger partial charge in [0.1, 0.15) is 22.4 Å². The maximum atomic E-state index is 13.0. The number of benzene rings is 1. The van der Waals surface area contributed by atoms with Gasteiger partial charge in [0.05, 0.1) is 7.11 Å². The van der Waals surface area contributed by atoms with Crippen molar-refractivity contribution < 1.29 is 22.5 Å². The predicted octanol–water partition coefficient (Wildman–Crippen LogP) is 2.09. The lowest BCUT2D eigenvalue weighted by Gasteiger charge is -2.23. The Morgan fingerprint density at radius 1 is 1.38 bits per heavy atom. The minimum atomic E-state index is -3.86. The van der Waals surface area contributed by atoms with Gasteiger partial charge in [-0.1, -0.05) is 11.2 Å². The zero-order valence-corrected chi connectivity index (χ0v) is 15.7. The van der Waals surface area contributed by atoms with Gasteiger partial charge in [-0.3, -0.25) is 4.79 Å². The van der Waals surface area contributed by atoms with Crippen molar-refractivity contribution in [3.8, 4) is 5.75 Å². The third kappa shape index (κ3) is 3.32. The van der Waals surface area contributed by atoms with Gasteiger partial charge in [-0.25, -0.2) is 8.42 Å². The maximum Gasteiger partial charge on any atom is 0.249 e. The number of methoxy groups -OCH3 is 1. The molecule has 8 nitrogen and oxygen atoms in total. The van der Waals surface area contributed by atoms with E-state index in [1.54, 1.807) is 38.1 Å². The first kappa shape index (κ1) is 18.4. The summed E-state index contributed by atoms with van der Waals surface area (Å²) in [6.07, 6.45) is 1.07. The number of sulfonamides is 1. The number of rotatable bonds is 5. The van der Waals surface area contributed by atoms with Crippen LogP contribution < -0.4 is 10.1 Å². The largest absolute Gasteiger partial charge is 0.497 e. The summed E-state index contributed by atoms with van der Waals surface area (Å²) in [5, 5.41) is 6.49. The number of hydrogen-bond donors (Lipinski definition) is 1. The van der Waals surface area contributed by atoms with Crippen LogP contribution in [0, 0.1) is 13.8 Å². The molecule has 1 atom stereocenters. The minimum absolute atomic E-state index is 0.0404. The number of nitrogens with zero attached hydrogens (tertiary/aromatic N) is 2. The van der Waals surface area contributed by atoms with Crippen molar-refractivity contribution in [2.45, 2.75) is 37.6 Å². The number of anilines is 1. The van der Waals surface area contributed by atoms with Crippen molar-refractivity contribution in [1.29, 1.82) is 0 Å². The molecule has 140 valence electrons. The summed E-state index contributed by atoms with van der Waals surface area (Å²) < 4.78 is 37.4. The molecule has 0 radical (unpaired) electrons. The number of nitrogens with one attached hydrogen (secondary N) is 1. The SMILES string of the molecule is COc1cccc(NC(=O)[C@@H]2CCCN2S(=O)(=O)c2c(C)noc2C)c1. The molecule has 9 heteroatoms. The van der Waals surface area contributed by atoms with Crippen LogP contribution in [0.4, 0.5) is 5.69 Å². The van der Waals surface area contributed by atoms with Gasteiger partial charge in [0.15, 0.2) is 5.76 Å². The molecule has 1 fully saturated rings. The van der Waals surface area contributed by atoms with Crippen LogP contribution in [-0.4, -0.2) is 43.5 Å². The molecule has 1 N–H and O–H groups in total. The first-order valence-corrected chi connectivity index (χ1v) is 9.68. The predicted molar refractivity (Wildman–Crippen MR) is 94.5 cm³/mol. The molecule has 0 unspecified atom stereocenters. The second kappa shape index (κ2) is 7.08. The minimum Gasteiger partial charge on any atom is -0.497 e. The molecule has 1 amide bonds. The summed E-state index contributed by atoms with van der Waals surface area (Å²) in [5.74, 6) is 0.460. The molecule has 0 spiro atoms. The molecule has 0 aliphatic carbocycles. The Kier molecular flexibility index (Phi) is 5.01. The third-order valence-electron chi connectivity index (χ3n) is 4.38. The van der Waals surface area contributed by atoms with Crippen molar-refractivity contribution in [3.63, 3.8) is 0 Å². The molecule has 2 heterocycles. The Morgan fingerprint density at radius 2 is 2.15 bits per heavy atom. The van der Waals surface area contributed by atoms with Crippen LogP contribution in [0.25, 0.3) is 0 Å². The van der Waals surface area contributed by atoms with Crippen molar-refractivity contribution in [1.82, 2.24) is 9.46 Å². The molecule has 0 bridgehead atoms. The lowest BCUT2D eigenvalue weighted by molar-refractivity contribution is -0.119. The molecule has 1 aliphatic heterocycles. The highest BCUT2D eigenvalue weighted by atomic mass is 32.2. The second-order valence-electron chi connectivity index (χ2n) is 6.15. The molecule has 1 saturated heterocycles. The van der Waals surface area contributed by atoms with E-state index in [4.69, 9.17) is 9.26 Å². The average molecular weight is 379 g/mol. The molecular formula is C17H21N3O5S. The van der Waals surface area contributed by atoms with Crippen molar-refractivity contribution in [3.05, 3.63) is 35.7 Å². The standard InChI is InChI=1S/C17H21N3O5S/c1-11-16(12(2)25-19-11)26(22,23)20-9-5-8-15(20)17(21)18-13-6-4-7-14(10-13)24-3/h4,6-7,10,15H,5,8-9H2,1-3H3,(H,18,21)/t15-/m0/s1. The van der Waals surface area contributed by atoms with Crippen LogP contribution in [0.2, 0.25) is 0 Å². The van der Waals surface area contributed by atoms with E-state index in [1.807, 2.05) is 0 Å². The Morgan fingerprint density at radius 3 is 2.81 bits per heavy atom. The van der Waals surface area contributed by atoms with E-state index in [0.29, 0.717) is 30.0 Å².